The molecule has 120 valence electrons. The summed E-state index contributed by atoms with van der Waals surface area (Å²) in [6.07, 6.45) is 8.95. The molecule has 4 rings (SSSR count). The Balaban J connectivity index is 1.75. The maximum absolute atomic E-state index is 4.57. The molecule has 1 aromatic heterocycles. The number of likely N-dealkylation sites (tertiary alicyclic amines) is 2. The number of hydrogen-bond donors (Lipinski definition) is 1. The molecule has 0 unspecified atom stereocenters. The van der Waals surface area contributed by atoms with Gasteiger partial charge in [-0.2, -0.15) is 0 Å². The molecule has 0 aromatic carbocycles. The van der Waals surface area contributed by atoms with Gasteiger partial charge in [-0.3, -0.25) is 9.80 Å². The zero-order valence-corrected chi connectivity index (χ0v) is 13.2. The van der Waals surface area contributed by atoms with Crippen LogP contribution in [0.5, 0.6) is 0 Å². The highest BCUT2D eigenvalue weighted by atomic mass is 15.6. The lowest BCUT2D eigenvalue weighted by atomic mass is 10.1. The third-order valence-corrected chi connectivity index (χ3v) is 5.33. The molecular formula is C16H26N6. The highest BCUT2D eigenvalue weighted by Crippen LogP contribution is 2.34. The van der Waals surface area contributed by atoms with Crippen LogP contribution >= 0.6 is 0 Å². The number of nitrogens with one attached hydrogen (secondary N) is 1. The first-order chi connectivity index (χ1) is 10.9. The van der Waals surface area contributed by atoms with E-state index in [0.717, 1.165) is 25.6 Å². The van der Waals surface area contributed by atoms with Crippen molar-refractivity contribution in [3.63, 3.8) is 0 Å². The third-order valence-electron chi connectivity index (χ3n) is 5.33. The van der Waals surface area contributed by atoms with Gasteiger partial charge >= 0.3 is 0 Å². The van der Waals surface area contributed by atoms with Gasteiger partial charge in [-0.05, 0) is 31.7 Å². The Morgan fingerprint density at radius 2 is 1.45 bits per heavy atom. The summed E-state index contributed by atoms with van der Waals surface area (Å²) in [6, 6.07) is 1.90. The van der Waals surface area contributed by atoms with Crippen LogP contribution in [-0.2, 0) is 0 Å². The number of hydrogen-bond acceptors (Lipinski definition) is 6. The van der Waals surface area contributed by atoms with Crippen molar-refractivity contribution in [3.05, 3.63) is 18.5 Å². The summed E-state index contributed by atoms with van der Waals surface area (Å²) < 4.78 is 0. The highest BCUT2D eigenvalue weighted by molar-refractivity contribution is 5.35. The lowest BCUT2D eigenvalue weighted by Crippen LogP contribution is -2.76. The second kappa shape index (κ2) is 6.10. The van der Waals surface area contributed by atoms with Crippen molar-refractivity contribution in [1.29, 1.82) is 0 Å². The number of anilines is 1. The Morgan fingerprint density at radius 3 is 2.05 bits per heavy atom. The van der Waals surface area contributed by atoms with E-state index in [-0.39, 0.29) is 5.79 Å². The van der Waals surface area contributed by atoms with E-state index >= 15 is 0 Å². The van der Waals surface area contributed by atoms with Crippen molar-refractivity contribution < 1.29 is 0 Å². The minimum atomic E-state index is -0.0768. The van der Waals surface area contributed by atoms with Gasteiger partial charge in [0.25, 0.3) is 0 Å². The fourth-order valence-electron chi connectivity index (χ4n) is 4.33. The largest absolute Gasteiger partial charge is 0.310 e. The van der Waals surface area contributed by atoms with Crippen LogP contribution in [0.25, 0.3) is 0 Å². The van der Waals surface area contributed by atoms with E-state index in [1.54, 1.807) is 0 Å². The van der Waals surface area contributed by atoms with Gasteiger partial charge in [-0.15, -0.1) is 0 Å². The number of piperazine rings is 1. The monoisotopic (exact) mass is 302 g/mol. The van der Waals surface area contributed by atoms with Gasteiger partial charge in [0.2, 0.25) is 5.95 Å². The van der Waals surface area contributed by atoms with Crippen LogP contribution in [0.15, 0.2) is 18.5 Å². The van der Waals surface area contributed by atoms with E-state index in [0.29, 0.717) is 0 Å². The molecule has 0 aliphatic carbocycles. The van der Waals surface area contributed by atoms with Crippen molar-refractivity contribution in [2.45, 2.75) is 31.5 Å². The molecule has 6 nitrogen and oxygen atoms in total. The number of aromatic nitrogens is 2. The molecule has 3 saturated heterocycles. The molecular weight excluding hydrogens is 276 g/mol. The van der Waals surface area contributed by atoms with Gasteiger partial charge in [0.1, 0.15) is 0 Å². The lowest BCUT2D eigenvalue weighted by molar-refractivity contribution is -0.0449. The predicted molar refractivity (Wildman–Crippen MR) is 86.6 cm³/mol. The van der Waals surface area contributed by atoms with E-state index < -0.39 is 0 Å². The molecule has 1 aromatic rings. The van der Waals surface area contributed by atoms with Gasteiger partial charge in [0, 0.05) is 58.2 Å². The molecule has 6 heteroatoms. The zero-order chi connectivity index (χ0) is 14.8. The number of rotatable bonds is 3. The van der Waals surface area contributed by atoms with E-state index in [4.69, 9.17) is 0 Å². The van der Waals surface area contributed by atoms with Crippen molar-refractivity contribution in [3.8, 4) is 0 Å². The Morgan fingerprint density at radius 1 is 0.864 bits per heavy atom. The topological polar surface area (TPSA) is 47.5 Å². The van der Waals surface area contributed by atoms with Crippen molar-refractivity contribution >= 4 is 5.95 Å². The van der Waals surface area contributed by atoms with Crippen LogP contribution in [-0.4, -0.2) is 71.4 Å². The summed E-state index contributed by atoms with van der Waals surface area (Å²) >= 11 is 0. The summed E-state index contributed by atoms with van der Waals surface area (Å²) in [4.78, 5) is 16.9. The van der Waals surface area contributed by atoms with Gasteiger partial charge in [-0.1, -0.05) is 0 Å². The standard InChI is InChI=1S/C16H26N6/c1-2-10-20(9-1)16(21-11-3-4-12-21)14-17-8-13-22(16)15-18-6-5-7-19-15/h5-7,17H,1-4,8-14H2. The quantitative estimate of drug-likeness (QED) is 0.888. The van der Waals surface area contributed by atoms with Crippen molar-refractivity contribution in [2.75, 3.05) is 50.7 Å². The lowest BCUT2D eigenvalue weighted by Gasteiger charge is -2.56. The summed E-state index contributed by atoms with van der Waals surface area (Å²) in [5, 5.41) is 3.65. The Labute approximate surface area is 132 Å². The van der Waals surface area contributed by atoms with Crippen LogP contribution in [0.1, 0.15) is 25.7 Å². The molecule has 3 aliphatic heterocycles. The van der Waals surface area contributed by atoms with Gasteiger partial charge < -0.3 is 10.2 Å². The fourth-order valence-corrected chi connectivity index (χ4v) is 4.33. The van der Waals surface area contributed by atoms with Crippen molar-refractivity contribution in [1.82, 2.24) is 25.1 Å². The molecule has 0 radical (unpaired) electrons. The summed E-state index contributed by atoms with van der Waals surface area (Å²) in [5.74, 6) is 0.801. The van der Waals surface area contributed by atoms with E-state index in [2.05, 4.69) is 30.0 Å². The van der Waals surface area contributed by atoms with Crippen LogP contribution in [0, 0.1) is 0 Å². The maximum Gasteiger partial charge on any atom is 0.227 e. The second-order valence-corrected chi connectivity index (χ2v) is 6.54. The highest BCUT2D eigenvalue weighted by Gasteiger charge is 2.51. The van der Waals surface area contributed by atoms with Gasteiger partial charge in [-0.25, -0.2) is 9.97 Å². The summed E-state index contributed by atoms with van der Waals surface area (Å²) in [6.45, 7) is 7.68. The minimum absolute atomic E-state index is 0.0768. The minimum Gasteiger partial charge on any atom is -0.310 e. The smallest absolute Gasteiger partial charge is 0.227 e. The van der Waals surface area contributed by atoms with Crippen LogP contribution in [0.4, 0.5) is 5.95 Å². The zero-order valence-electron chi connectivity index (χ0n) is 13.2. The SMILES string of the molecule is c1cnc(N2CCNCC2(N2CCCC2)N2CCCC2)nc1. The first kappa shape index (κ1) is 14.4. The van der Waals surface area contributed by atoms with Gasteiger partial charge in [0.15, 0.2) is 5.79 Å². The molecule has 0 amide bonds. The molecule has 22 heavy (non-hydrogen) atoms. The number of nitrogens with zero attached hydrogens (tertiary/aromatic N) is 5. The molecule has 0 atom stereocenters. The molecule has 0 saturated carbocycles. The average molecular weight is 302 g/mol. The maximum atomic E-state index is 4.57. The Hall–Kier alpha value is -1.24. The molecule has 4 heterocycles. The van der Waals surface area contributed by atoms with Crippen LogP contribution < -0.4 is 10.2 Å². The van der Waals surface area contributed by atoms with Crippen molar-refractivity contribution in [2.24, 2.45) is 0 Å². The van der Waals surface area contributed by atoms with E-state index in [1.165, 1.54) is 51.9 Å². The Bertz CT molecular complexity index is 465. The van der Waals surface area contributed by atoms with E-state index in [9.17, 15) is 0 Å². The average Bonchev–Trinajstić information content (AvgIpc) is 3.29. The van der Waals surface area contributed by atoms with Crippen LogP contribution in [0.3, 0.4) is 0 Å². The molecule has 0 spiro atoms. The molecule has 3 fully saturated rings. The third kappa shape index (κ3) is 2.30. The van der Waals surface area contributed by atoms with Crippen LogP contribution in [0.2, 0.25) is 0 Å². The molecule has 3 aliphatic rings. The molecule has 1 N–H and O–H groups in total. The fraction of sp³-hybridized carbons (Fsp3) is 0.750. The second-order valence-electron chi connectivity index (χ2n) is 6.54. The van der Waals surface area contributed by atoms with Gasteiger partial charge in [0.05, 0.1) is 0 Å². The predicted octanol–water partition coefficient (Wildman–Crippen LogP) is 0.732. The first-order valence-corrected chi connectivity index (χ1v) is 8.67. The Kier molecular flexibility index (Phi) is 3.98. The summed E-state index contributed by atoms with van der Waals surface area (Å²) in [5.41, 5.74) is 0. The summed E-state index contributed by atoms with van der Waals surface area (Å²) in [7, 11) is 0. The first-order valence-electron chi connectivity index (χ1n) is 8.67. The molecule has 0 bridgehead atoms. The van der Waals surface area contributed by atoms with E-state index in [1.807, 2.05) is 18.5 Å². The normalized spacial score (nSPS) is 26.6.